The van der Waals surface area contributed by atoms with Gasteiger partial charge >= 0.3 is 11.9 Å². The van der Waals surface area contributed by atoms with Gasteiger partial charge in [-0.2, -0.15) is 0 Å². The molecule has 0 aliphatic carbocycles. The van der Waals surface area contributed by atoms with Crippen LogP contribution < -0.4 is 5.32 Å². The molecule has 0 bridgehead atoms. The van der Waals surface area contributed by atoms with E-state index in [1.54, 1.807) is 0 Å². The second kappa shape index (κ2) is 42.1. The van der Waals surface area contributed by atoms with Gasteiger partial charge in [0.2, 0.25) is 5.91 Å². The third-order valence-corrected chi connectivity index (χ3v) is 9.77. The van der Waals surface area contributed by atoms with Gasteiger partial charge in [0.25, 0.3) is 0 Å². The van der Waals surface area contributed by atoms with Crippen molar-refractivity contribution in [2.24, 2.45) is 0 Å². The van der Waals surface area contributed by atoms with Gasteiger partial charge in [-0.15, -0.1) is 0 Å². The van der Waals surface area contributed by atoms with E-state index in [0.29, 0.717) is 12.8 Å². The zero-order chi connectivity index (χ0) is 38.7. The smallest absolute Gasteiger partial charge is 0.322 e. The highest BCUT2D eigenvalue weighted by Gasteiger charge is 2.14. The summed E-state index contributed by atoms with van der Waals surface area (Å²) in [6.45, 7) is 4.11. The molecule has 0 fully saturated rings. The molecule has 0 heterocycles. The summed E-state index contributed by atoms with van der Waals surface area (Å²) in [6.07, 6.45) is 53.9. The standard InChI is InChI=1S/C47H83NO5/c1-3-5-7-9-11-13-14-15-16-17-18-19-20-21-22-23-24-25-26-27-29-34-38-42-47(52)53-44(39-35-31-28-12-10-8-6-4-2)40-36-32-30-33-37-41-45(49)48-43-46(50)51/h5,7,11,13,15-16,18-19,44H,3-4,6,8-10,12,14,17,20-43H2,1-2H3,(H,48,49)(H,50,51)/b7-5-,13-11-,16-15-,19-18-. The summed E-state index contributed by atoms with van der Waals surface area (Å²) in [5, 5.41) is 11.1. The fourth-order valence-electron chi connectivity index (χ4n) is 6.51. The number of unbranched alkanes of at least 4 members (excludes halogenated alkanes) is 21. The summed E-state index contributed by atoms with van der Waals surface area (Å²) in [7, 11) is 0. The lowest BCUT2D eigenvalue weighted by Gasteiger charge is -2.18. The number of amides is 1. The van der Waals surface area contributed by atoms with Crippen LogP contribution in [0.2, 0.25) is 0 Å². The average Bonchev–Trinajstić information content (AvgIpc) is 3.14. The number of esters is 1. The first kappa shape index (κ1) is 50.4. The number of carboxylic acid groups (broad SMARTS) is 1. The quantitative estimate of drug-likeness (QED) is 0.0370. The summed E-state index contributed by atoms with van der Waals surface area (Å²) < 4.78 is 6.01. The first-order valence-corrected chi connectivity index (χ1v) is 22.3. The lowest BCUT2D eigenvalue weighted by Crippen LogP contribution is -2.28. The van der Waals surface area contributed by atoms with E-state index < -0.39 is 5.97 Å². The van der Waals surface area contributed by atoms with Crippen molar-refractivity contribution in [3.63, 3.8) is 0 Å². The summed E-state index contributed by atoms with van der Waals surface area (Å²) >= 11 is 0. The van der Waals surface area contributed by atoms with E-state index in [4.69, 9.17) is 9.84 Å². The van der Waals surface area contributed by atoms with Gasteiger partial charge in [-0.25, -0.2) is 0 Å². The third-order valence-electron chi connectivity index (χ3n) is 9.77. The minimum atomic E-state index is -1.02. The molecular formula is C47H83NO5. The fourth-order valence-corrected chi connectivity index (χ4v) is 6.51. The summed E-state index contributed by atoms with van der Waals surface area (Å²) in [6, 6.07) is 0. The van der Waals surface area contributed by atoms with Crippen LogP contribution in [0.3, 0.4) is 0 Å². The zero-order valence-corrected chi connectivity index (χ0v) is 34.6. The van der Waals surface area contributed by atoms with Gasteiger partial charge in [0.05, 0.1) is 0 Å². The van der Waals surface area contributed by atoms with Crippen LogP contribution in [0.5, 0.6) is 0 Å². The van der Waals surface area contributed by atoms with Crippen LogP contribution in [0.4, 0.5) is 0 Å². The molecule has 0 aromatic heterocycles. The Labute approximate surface area is 327 Å². The summed E-state index contributed by atoms with van der Waals surface area (Å²) in [5.74, 6) is -1.23. The molecule has 53 heavy (non-hydrogen) atoms. The topological polar surface area (TPSA) is 92.7 Å². The number of hydrogen-bond acceptors (Lipinski definition) is 4. The van der Waals surface area contributed by atoms with Gasteiger partial charge in [0.15, 0.2) is 0 Å². The number of ether oxygens (including phenoxy) is 1. The van der Waals surface area contributed by atoms with Crippen LogP contribution in [0.25, 0.3) is 0 Å². The molecule has 0 aromatic rings. The third kappa shape index (κ3) is 42.0. The van der Waals surface area contributed by atoms with Gasteiger partial charge < -0.3 is 15.2 Å². The van der Waals surface area contributed by atoms with Crippen LogP contribution in [-0.4, -0.2) is 35.6 Å². The van der Waals surface area contributed by atoms with E-state index >= 15 is 0 Å². The predicted molar refractivity (Wildman–Crippen MR) is 226 cm³/mol. The molecule has 2 N–H and O–H groups in total. The van der Waals surface area contributed by atoms with Crippen molar-refractivity contribution in [2.75, 3.05) is 6.54 Å². The second-order valence-electron chi connectivity index (χ2n) is 14.9. The van der Waals surface area contributed by atoms with Gasteiger partial charge in [0.1, 0.15) is 12.6 Å². The highest BCUT2D eigenvalue weighted by Crippen LogP contribution is 2.19. The number of carboxylic acids is 1. The van der Waals surface area contributed by atoms with Crippen molar-refractivity contribution >= 4 is 17.8 Å². The van der Waals surface area contributed by atoms with Crippen molar-refractivity contribution in [1.82, 2.24) is 5.32 Å². The van der Waals surface area contributed by atoms with Crippen molar-refractivity contribution in [2.45, 2.75) is 225 Å². The molecule has 0 saturated heterocycles. The molecular weight excluding hydrogens is 659 g/mol. The van der Waals surface area contributed by atoms with Gasteiger partial charge in [-0.3, -0.25) is 14.4 Å². The molecule has 0 rings (SSSR count). The Morgan fingerprint density at radius 3 is 1.42 bits per heavy atom. The molecule has 306 valence electrons. The second-order valence-corrected chi connectivity index (χ2v) is 14.9. The van der Waals surface area contributed by atoms with Crippen LogP contribution in [0.15, 0.2) is 48.6 Å². The monoisotopic (exact) mass is 742 g/mol. The number of nitrogens with one attached hydrogen (secondary N) is 1. The molecule has 1 atom stereocenters. The molecule has 0 aliphatic heterocycles. The molecule has 6 nitrogen and oxygen atoms in total. The Bertz CT molecular complexity index is 953. The minimum Gasteiger partial charge on any atom is -0.480 e. The molecule has 0 radical (unpaired) electrons. The van der Waals surface area contributed by atoms with E-state index in [1.807, 2.05) is 0 Å². The highest BCUT2D eigenvalue weighted by molar-refractivity contribution is 5.80. The zero-order valence-electron chi connectivity index (χ0n) is 34.6. The van der Waals surface area contributed by atoms with E-state index in [1.165, 1.54) is 103 Å². The number of aliphatic carboxylic acids is 1. The van der Waals surface area contributed by atoms with E-state index in [9.17, 15) is 14.4 Å². The fraction of sp³-hybridized carbons (Fsp3) is 0.766. The molecule has 0 aromatic carbocycles. The maximum Gasteiger partial charge on any atom is 0.322 e. The number of carbonyl (C=O) groups is 3. The lowest BCUT2D eigenvalue weighted by molar-refractivity contribution is -0.150. The van der Waals surface area contributed by atoms with Gasteiger partial charge in [-0.1, -0.05) is 178 Å². The number of hydrogen-bond donors (Lipinski definition) is 2. The Morgan fingerprint density at radius 2 is 0.925 bits per heavy atom. The Kier molecular flexibility index (Phi) is 40.0. The Hall–Kier alpha value is -2.63. The number of rotatable bonds is 40. The maximum atomic E-state index is 12.7. The lowest BCUT2D eigenvalue weighted by atomic mass is 10.0. The number of carbonyl (C=O) groups excluding carboxylic acids is 2. The van der Waals surface area contributed by atoms with E-state index in [0.717, 1.165) is 89.9 Å². The van der Waals surface area contributed by atoms with Crippen molar-refractivity contribution in [1.29, 1.82) is 0 Å². The van der Waals surface area contributed by atoms with Crippen molar-refractivity contribution < 1.29 is 24.2 Å². The number of allylic oxidation sites excluding steroid dienone is 8. The van der Waals surface area contributed by atoms with Gasteiger partial charge in [0, 0.05) is 12.8 Å². The van der Waals surface area contributed by atoms with Crippen molar-refractivity contribution in [3.05, 3.63) is 48.6 Å². The normalized spacial score (nSPS) is 12.5. The predicted octanol–water partition coefficient (Wildman–Crippen LogP) is 13.8. The van der Waals surface area contributed by atoms with Crippen LogP contribution in [-0.2, 0) is 19.1 Å². The Balaban J connectivity index is 3.97. The minimum absolute atomic E-state index is 0.0211. The molecule has 6 heteroatoms. The molecule has 1 amide bonds. The van der Waals surface area contributed by atoms with Crippen LogP contribution in [0, 0.1) is 0 Å². The Morgan fingerprint density at radius 1 is 0.509 bits per heavy atom. The molecule has 1 unspecified atom stereocenters. The van der Waals surface area contributed by atoms with Gasteiger partial charge in [-0.05, 0) is 77.0 Å². The van der Waals surface area contributed by atoms with Crippen LogP contribution >= 0.6 is 0 Å². The SMILES string of the molecule is CC/C=C\C/C=C\C/C=C\C/C=C\CCCCCCCCCCCCC(=O)OC(CCCCCCCCCC)CCCCCCCC(=O)NCC(=O)O. The van der Waals surface area contributed by atoms with Crippen LogP contribution in [0.1, 0.15) is 219 Å². The van der Waals surface area contributed by atoms with E-state index in [2.05, 4.69) is 67.8 Å². The van der Waals surface area contributed by atoms with Crippen molar-refractivity contribution in [3.8, 4) is 0 Å². The summed E-state index contributed by atoms with van der Waals surface area (Å²) in [4.78, 5) is 35.0. The first-order valence-electron chi connectivity index (χ1n) is 22.3. The molecule has 0 aliphatic rings. The van der Waals surface area contributed by atoms with E-state index in [-0.39, 0.29) is 24.5 Å². The highest BCUT2D eigenvalue weighted by atomic mass is 16.5. The largest absolute Gasteiger partial charge is 0.480 e. The average molecular weight is 742 g/mol. The molecule has 0 saturated carbocycles. The summed E-state index contributed by atoms with van der Waals surface area (Å²) in [5.41, 5.74) is 0. The molecule has 0 spiro atoms. The maximum absolute atomic E-state index is 12.7. The first-order chi connectivity index (χ1) is 26.0.